The Morgan fingerprint density at radius 3 is 2.20 bits per heavy atom. The van der Waals surface area contributed by atoms with Gasteiger partial charge < -0.3 is 0 Å². The molecule has 0 aliphatic heterocycles. The Labute approximate surface area is 141 Å². The molecule has 3 rings (SSSR count). The number of rotatable bonds is 3. The molecule has 0 bridgehead atoms. The van der Waals surface area contributed by atoms with Gasteiger partial charge in [0.1, 0.15) is 22.3 Å². The second kappa shape index (κ2) is 6.30. The van der Waals surface area contributed by atoms with Gasteiger partial charge in [-0.15, -0.1) is 0 Å². The van der Waals surface area contributed by atoms with Crippen molar-refractivity contribution in [3.63, 3.8) is 0 Å². The molecule has 0 amide bonds. The zero-order valence-electron chi connectivity index (χ0n) is 12.6. The summed E-state index contributed by atoms with van der Waals surface area (Å²) < 4.78 is 64.2. The van der Waals surface area contributed by atoms with E-state index in [0.29, 0.717) is 17.3 Å². The number of halogens is 3. The molecule has 0 atom stereocenters. The first-order valence-electron chi connectivity index (χ1n) is 7.00. The van der Waals surface area contributed by atoms with Gasteiger partial charge in [0.25, 0.3) is 0 Å². The summed E-state index contributed by atoms with van der Waals surface area (Å²) in [6.07, 6.45) is 1.45. The number of sulfonamides is 1. The molecular formula is C17H11F3N2O2S. The van der Waals surface area contributed by atoms with Crippen molar-refractivity contribution in [3.8, 4) is 22.4 Å². The van der Waals surface area contributed by atoms with Gasteiger partial charge in [-0.25, -0.2) is 26.7 Å². The predicted molar refractivity (Wildman–Crippen MR) is 86.4 cm³/mol. The van der Waals surface area contributed by atoms with E-state index in [0.717, 1.165) is 6.07 Å². The maximum absolute atomic E-state index is 14.4. The van der Waals surface area contributed by atoms with Crippen LogP contribution in [-0.4, -0.2) is 13.4 Å². The molecule has 2 aromatic carbocycles. The molecule has 8 heteroatoms. The van der Waals surface area contributed by atoms with E-state index in [2.05, 4.69) is 4.98 Å². The summed E-state index contributed by atoms with van der Waals surface area (Å²) in [5.74, 6) is -2.59. The minimum absolute atomic E-state index is 0.183. The Bertz CT molecular complexity index is 1050. The topological polar surface area (TPSA) is 73.1 Å². The van der Waals surface area contributed by atoms with E-state index in [-0.39, 0.29) is 11.1 Å². The Morgan fingerprint density at radius 1 is 0.880 bits per heavy atom. The average molecular weight is 364 g/mol. The van der Waals surface area contributed by atoms with E-state index in [1.807, 2.05) is 0 Å². The molecule has 4 nitrogen and oxygen atoms in total. The number of nitrogens with two attached hydrogens (primary N) is 1. The van der Waals surface area contributed by atoms with Gasteiger partial charge in [0.05, 0.1) is 5.69 Å². The van der Waals surface area contributed by atoms with Crippen LogP contribution < -0.4 is 5.14 Å². The molecule has 0 unspecified atom stereocenters. The number of nitrogens with zero attached hydrogens (tertiary/aromatic N) is 1. The smallest absolute Gasteiger partial charge is 0.241 e. The molecule has 0 saturated heterocycles. The number of hydrogen-bond acceptors (Lipinski definition) is 3. The first kappa shape index (κ1) is 17.1. The SMILES string of the molecule is NS(=O)(=O)c1cc(F)c(-c2cccnc2-c2ccc(F)cc2)cc1F. The summed E-state index contributed by atoms with van der Waals surface area (Å²) in [6, 6.07) is 9.64. The normalized spacial score (nSPS) is 11.5. The Balaban J connectivity index is 2.22. The molecule has 128 valence electrons. The van der Waals surface area contributed by atoms with E-state index in [1.165, 1.54) is 42.6 Å². The molecule has 0 spiro atoms. The zero-order chi connectivity index (χ0) is 18.2. The van der Waals surface area contributed by atoms with Gasteiger partial charge in [-0.2, -0.15) is 0 Å². The lowest BCUT2D eigenvalue weighted by molar-refractivity contribution is 0.555. The van der Waals surface area contributed by atoms with Crippen LogP contribution in [0.4, 0.5) is 13.2 Å². The molecule has 0 saturated carbocycles. The second-order valence-corrected chi connectivity index (χ2v) is 6.74. The van der Waals surface area contributed by atoms with Crippen LogP contribution in [0.2, 0.25) is 0 Å². The first-order valence-corrected chi connectivity index (χ1v) is 8.55. The van der Waals surface area contributed by atoms with Crippen molar-refractivity contribution >= 4 is 10.0 Å². The maximum Gasteiger partial charge on any atom is 0.241 e. The van der Waals surface area contributed by atoms with Crippen LogP contribution in [0.1, 0.15) is 0 Å². The fourth-order valence-electron chi connectivity index (χ4n) is 2.41. The third kappa shape index (κ3) is 3.40. The third-order valence-corrected chi connectivity index (χ3v) is 4.47. The summed E-state index contributed by atoms with van der Waals surface area (Å²) >= 11 is 0. The van der Waals surface area contributed by atoms with Crippen LogP contribution in [0.3, 0.4) is 0 Å². The molecular weight excluding hydrogens is 353 g/mol. The van der Waals surface area contributed by atoms with Gasteiger partial charge in [-0.1, -0.05) is 6.07 Å². The molecule has 25 heavy (non-hydrogen) atoms. The molecule has 0 aliphatic carbocycles. The highest BCUT2D eigenvalue weighted by atomic mass is 32.2. The summed E-state index contributed by atoms with van der Waals surface area (Å²) in [4.78, 5) is 3.21. The summed E-state index contributed by atoms with van der Waals surface area (Å²) in [7, 11) is -4.39. The number of aromatic nitrogens is 1. The molecule has 0 aliphatic rings. The minimum Gasteiger partial charge on any atom is -0.256 e. The Kier molecular flexibility index (Phi) is 4.32. The fourth-order valence-corrected chi connectivity index (χ4v) is 3.01. The van der Waals surface area contributed by atoms with E-state index in [1.54, 1.807) is 0 Å². The van der Waals surface area contributed by atoms with Crippen molar-refractivity contribution in [2.24, 2.45) is 5.14 Å². The third-order valence-electron chi connectivity index (χ3n) is 3.54. The van der Waals surface area contributed by atoms with Gasteiger partial charge in [-0.05, 0) is 42.5 Å². The quantitative estimate of drug-likeness (QED) is 0.773. The van der Waals surface area contributed by atoms with Crippen molar-refractivity contribution in [3.05, 3.63) is 72.2 Å². The largest absolute Gasteiger partial charge is 0.256 e. The minimum atomic E-state index is -4.39. The van der Waals surface area contributed by atoms with Gasteiger partial charge in [0, 0.05) is 22.9 Å². The number of hydrogen-bond donors (Lipinski definition) is 1. The highest BCUT2D eigenvalue weighted by molar-refractivity contribution is 7.89. The van der Waals surface area contributed by atoms with Gasteiger partial charge in [-0.3, -0.25) is 4.98 Å². The van der Waals surface area contributed by atoms with Crippen molar-refractivity contribution in [1.82, 2.24) is 4.98 Å². The standard InChI is InChI=1S/C17H11F3N2O2S/c18-11-5-3-10(4-6-11)17-12(2-1-7-22-17)13-8-15(20)16(9-14(13)19)25(21,23)24/h1-9H,(H2,21,23,24). The van der Waals surface area contributed by atoms with E-state index >= 15 is 0 Å². The molecule has 0 fully saturated rings. The lowest BCUT2D eigenvalue weighted by atomic mass is 9.99. The Morgan fingerprint density at radius 2 is 1.56 bits per heavy atom. The van der Waals surface area contributed by atoms with Gasteiger partial charge in [0.15, 0.2) is 0 Å². The van der Waals surface area contributed by atoms with Crippen LogP contribution in [0.15, 0.2) is 59.6 Å². The van der Waals surface area contributed by atoms with Gasteiger partial charge in [0.2, 0.25) is 10.0 Å². The maximum atomic E-state index is 14.4. The fraction of sp³-hybridized carbons (Fsp3) is 0. The highest BCUT2D eigenvalue weighted by Crippen LogP contribution is 2.33. The molecule has 2 N–H and O–H groups in total. The van der Waals surface area contributed by atoms with Crippen LogP contribution in [-0.2, 0) is 10.0 Å². The van der Waals surface area contributed by atoms with E-state index in [9.17, 15) is 21.6 Å². The number of primary sulfonamides is 1. The first-order chi connectivity index (χ1) is 11.8. The summed E-state index contributed by atoms with van der Waals surface area (Å²) in [5.41, 5.74) is 0.834. The highest BCUT2D eigenvalue weighted by Gasteiger charge is 2.20. The van der Waals surface area contributed by atoms with Gasteiger partial charge >= 0.3 is 0 Å². The summed E-state index contributed by atoms with van der Waals surface area (Å²) in [5, 5.41) is 4.87. The predicted octanol–water partition coefficient (Wildman–Crippen LogP) is 3.48. The van der Waals surface area contributed by atoms with Crippen molar-refractivity contribution in [2.45, 2.75) is 4.90 Å². The molecule has 0 radical (unpaired) electrons. The number of pyridine rings is 1. The van der Waals surface area contributed by atoms with Crippen molar-refractivity contribution < 1.29 is 21.6 Å². The monoisotopic (exact) mass is 364 g/mol. The average Bonchev–Trinajstić information content (AvgIpc) is 2.56. The van der Waals surface area contributed by atoms with Crippen molar-refractivity contribution in [2.75, 3.05) is 0 Å². The lowest BCUT2D eigenvalue weighted by Crippen LogP contribution is -2.14. The summed E-state index contributed by atoms with van der Waals surface area (Å²) in [6.45, 7) is 0. The number of benzene rings is 2. The van der Waals surface area contributed by atoms with Crippen LogP contribution in [0.25, 0.3) is 22.4 Å². The van der Waals surface area contributed by atoms with E-state index < -0.39 is 32.4 Å². The van der Waals surface area contributed by atoms with Crippen LogP contribution in [0, 0.1) is 17.5 Å². The zero-order valence-corrected chi connectivity index (χ0v) is 13.4. The molecule has 1 heterocycles. The van der Waals surface area contributed by atoms with Crippen molar-refractivity contribution in [1.29, 1.82) is 0 Å². The Hall–Kier alpha value is -2.71. The lowest BCUT2D eigenvalue weighted by Gasteiger charge is -2.11. The van der Waals surface area contributed by atoms with Crippen LogP contribution >= 0.6 is 0 Å². The molecule has 3 aromatic rings. The van der Waals surface area contributed by atoms with E-state index in [4.69, 9.17) is 5.14 Å². The second-order valence-electron chi connectivity index (χ2n) is 5.21. The van der Waals surface area contributed by atoms with Crippen LogP contribution in [0.5, 0.6) is 0 Å². The molecule has 1 aromatic heterocycles.